The number of hydrogen-bond donors (Lipinski definition) is 3. The standard InChI is InChI=1S/C45H51N9O4/c1-51-23-25-52(26-24-51)45(57)50-40(34-8-3-2-4-9-34)44(56)54-22-6-11-38(54)42-47-29-36(49-42)33-19-15-31(16-20-33)30-13-17-32(18-14-30)35-28-46-41(48-35)37-10-5-21-53(37)43(55)39-12-7-27-58-39/h2-4,8-9,13-20,28-29,37-40H,5-7,10-12,21-27H2,1H3,(H,46,48)(H,47,49)(H,50,57)/t37-,38-,39-,40+/m0/s1. The predicted molar refractivity (Wildman–Crippen MR) is 220 cm³/mol. The highest BCUT2D eigenvalue weighted by Crippen LogP contribution is 2.36. The Morgan fingerprint density at radius 2 is 1.22 bits per heavy atom. The van der Waals surface area contributed by atoms with Gasteiger partial charge in [-0.1, -0.05) is 78.9 Å². The van der Waals surface area contributed by atoms with Gasteiger partial charge in [-0.15, -0.1) is 0 Å². The second-order valence-corrected chi connectivity index (χ2v) is 16.0. The first-order valence-corrected chi connectivity index (χ1v) is 20.7. The summed E-state index contributed by atoms with van der Waals surface area (Å²) >= 11 is 0. The van der Waals surface area contributed by atoms with Crippen LogP contribution in [-0.4, -0.2) is 116 Å². The van der Waals surface area contributed by atoms with Gasteiger partial charge in [0.2, 0.25) is 5.91 Å². The Kier molecular flexibility index (Phi) is 10.8. The number of urea groups is 1. The summed E-state index contributed by atoms with van der Waals surface area (Å²) in [5.74, 6) is 1.54. The van der Waals surface area contributed by atoms with Gasteiger partial charge in [0, 0.05) is 45.9 Å². The van der Waals surface area contributed by atoms with Gasteiger partial charge in [-0.05, 0) is 73.4 Å². The molecular formula is C45H51N9O4. The molecule has 0 aliphatic carbocycles. The Balaban J connectivity index is 0.854. The number of likely N-dealkylation sites (N-methyl/N-ethyl adjacent to an activating group) is 1. The van der Waals surface area contributed by atoms with Crippen LogP contribution >= 0.6 is 0 Å². The molecule has 0 saturated carbocycles. The minimum absolute atomic E-state index is 0.0488. The molecule has 4 amide bonds. The molecule has 3 N–H and O–H groups in total. The van der Waals surface area contributed by atoms with Crippen LogP contribution in [0.5, 0.6) is 0 Å². The molecule has 2 aromatic heterocycles. The van der Waals surface area contributed by atoms with Crippen LogP contribution in [0.3, 0.4) is 0 Å². The second-order valence-electron chi connectivity index (χ2n) is 16.0. The topological polar surface area (TPSA) is 143 Å². The summed E-state index contributed by atoms with van der Waals surface area (Å²) in [6.07, 6.45) is 8.62. The van der Waals surface area contributed by atoms with E-state index in [0.29, 0.717) is 26.2 Å². The Bertz CT molecular complexity index is 2210. The zero-order valence-corrected chi connectivity index (χ0v) is 33.0. The summed E-state index contributed by atoms with van der Waals surface area (Å²) in [5, 5.41) is 3.08. The fourth-order valence-electron chi connectivity index (χ4n) is 8.90. The Labute approximate surface area is 338 Å². The van der Waals surface area contributed by atoms with E-state index >= 15 is 0 Å². The number of benzene rings is 3. The third-order valence-electron chi connectivity index (χ3n) is 12.3. The number of H-pyrrole nitrogens is 2. The number of nitrogens with one attached hydrogen (secondary N) is 3. The molecule has 58 heavy (non-hydrogen) atoms. The van der Waals surface area contributed by atoms with Crippen LogP contribution in [0.15, 0.2) is 91.3 Å². The van der Waals surface area contributed by atoms with Crippen LogP contribution in [0.4, 0.5) is 4.79 Å². The highest BCUT2D eigenvalue weighted by atomic mass is 16.5. The molecule has 4 aliphatic heterocycles. The summed E-state index contributed by atoms with van der Waals surface area (Å²) in [5.41, 5.74) is 6.79. The summed E-state index contributed by atoms with van der Waals surface area (Å²) in [7, 11) is 2.05. The zero-order valence-electron chi connectivity index (χ0n) is 33.0. The van der Waals surface area contributed by atoms with Crippen molar-refractivity contribution in [2.45, 2.75) is 62.8 Å². The normalized spacial score (nSPS) is 21.7. The van der Waals surface area contributed by atoms with E-state index in [1.807, 2.05) is 52.5 Å². The molecule has 0 bridgehead atoms. The molecular weight excluding hydrogens is 731 g/mol. The number of aromatic amines is 2. The van der Waals surface area contributed by atoms with Gasteiger partial charge in [0.25, 0.3) is 5.91 Å². The van der Waals surface area contributed by atoms with Crippen molar-refractivity contribution in [2.75, 3.05) is 52.9 Å². The molecule has 4 fully saturated rings. The van der Waals surface area contributed by atoms with Gasteiger partial charge in [-0.3, -0.25) is 9.59 Å². The molecule has 4 saturated heterocycles. The van der Waals surface area contributed by atoms with E-state index < -0.39 is 6.04 Å². The maximum atomic E-state index is 14.3. The summed E-state index contributed by atoms with van der Waals surface area (Å²) in [6.45, 7) is 4.86. The Morgan fingerprint density at radius 1 is 0.672 bits per heavy atom. The number of piperazine rings is 1. The van der Waals surface area contributed by atoms with Crippen molar-refractivity contribution in [3.05, 3.63) is 108 Å². The minimum atomic E-state index is -0.793. The molecule has 13 heteroatoms. The van der Waals surface area contributed by atoms with Gasteiger partial charge in [0.15, 0.2) is 0 Å². The number of rotatable bonds is 9. The van der Waals surface area contributed by atoms with E-state index in [1.165, 1.54) is 0 Å². The van der Waals surface area contributed by atoms with Crippen molar-refractivity contribution in [1.82, 2.24) is 44.9 Å². The van der Waals surface area contributed by atoms with Gasteiger partial charge in [-0.25, -0.2) is 14.8 Å². The Hall–Kier alpha value is -5.79. The molecule has 0 unspecified atom stereocenters. The van der Waals surface area contributed by atoms with Gasteiger partial charge in [-0.2, -0.15) is 0 Å². The molecule has 0 spiro atoms. The number of carbonyl (C=O) groups is 3. The summed E-state index contributed by atoms with van der Waals surface area (Å²) < 4.78 is 5.69. The summed E-state index contributed by atoms with van der Waals surface area (Å²) in [4.78, 5) is 65.1. The molecule has 9 rings (SSSR count). The average molecular weight is 782 g/mol. The van der Waals surface area contributed by atoms with Crippen molar-refractivity contribution < 1.29 is 19.1 Å². The van der Waals surface area contributed by atoms with E-state index in [9.17, 15) is 14.4 Å². The van der Waals surface area contributed by atoms with Gasteiger partial charge in [0.1, 0.15) is 23.8 Å². The molecule has 3 aromatic carbocycles. The number of ether oxygens (including phenoxy) is 1. The highest BCUT2D eigenvalue weighted by Gasteiger charge is 2.39. The number of nitrogens with zero attached hydrogens (tertiary/aromatic N) is 6. The monoisotopic (exact) mass is 781 g/mol. The van der Waals surface area contributed by atoms with E-state index in [0.717, 1.165) is 109 Å². The number of carbonyl (C=O) groups excluding carboxylic acids is 3. The number of aromatic nitrogens is 4. The predicted octanol–water partition coefficient (Wildman–Crippen LogP) is 6.34. The third-order valence-corrected chi connectivity index (χ3v) is 12.3. The number of hydrogen-bond acceptors (Lipinski definition) is 7. The van der Waals surface area contributed by atoms with Crippen molar-refractivity contribution in [3.8, 4) is 33.6 Å². The lowest BCUT2D eigenvalue weighted by atomic mass is 10.0. The first kappa shape index (κ1) is 37.8. The fourth-order valence-corrected chi connectivity index (χ4v) is 8.90. The molecule has 5 aromatic rings. The quantitative estimate of drug-likeness (QED) is 0.159. The van der Waals surface area contributed by atoms with Crippen molar-refractivity contribution >= 4 is 17.8 Å². The molecule has 4 atom stereocenters. The van der Waals surface area contributed by atoms with Gasteiger partial charge in [0.05, 0.1) is 35.9 Å². The lowest BCUT2D eigenvalue weighted by molar-refractivity contribution is -0.142. The van der Waals surface area contributed by atoms with Crippen LogP contribution in [0.2, 0.25) is 0 Å². The second kappa shape index (κ2) is 16.6. The Morgan fingerprint density at radius 3 is 1.79 bits per heavy atom. The van der Waals surface area contributed by atoms with Crippen LogP contribution in [0.25, 0.3) is 33.6 Å². The SMILES string of the molecule is CN1CCN(C(=O)N[C@@H](C(=O)N2CCC[C@H]2c2ncc(-c3ccc(-c4ccc(-c5cnc([C@@H]6CCCN6C(=O)[C@@H]6CCCO6)[nH]5)cc4)cc3)[nH]2)c2ccccc2)CC1. The maximum absolute atomic E-state index is 14.3. The van der Waals surface area contributed by atoms with Crippen LogP contribution in [-0.2, 0) is 14.3 Å². The number of likely N-dealkylation sites (tertiary alicyclic amines) is 2. The van der Waals surface area contributed by atoms with Crippen molar-refractivity contribution in [3.63, 3.8) is 0 Å². The van der Waals surface area contributed by atoms with E-state index in [1.54, 1.807) is 4.90 Å². The van der Waals surface area contributed by atoms with Crippen LogP contribution < -0.4 is 5.32 Å². The lowest BCUT2D eigenvalue weighted by Crippen LogP contribution is -2.53. The average Bonchev–Trinajstić information content (AvgIpc) is 4.13. The van der Waals surface area contributed by atoms with Crippen LogP contribution in [0, 0.1) is 0 Å². The molecule has 13 nitrogen and oxygen atoms in total. The van der Waals surface area contributed by atoms with Crippen molar-refractivity contribution in [2.24, 2.45) is 0 Å². The minimum Gasteiger partial charge on any atom is -0.368 e. The van der Waals surface area contributed by atoms with E-state index in [-0.39, 0.29) is 36.0 Å². The largest absolute Gasteiger partial charge is 0.368 e. The molecule has 300 valence electrons. The van der Waals surface area contributed by atoms with Crippen LogP contribution in [0.1, 0.15) is 73.9 Å². The molecule has 4 aliphatic rings. The van der Waals surface area contributed by atoms with Crippen molar-refractivity contribution in [1.29, 1.82) is 0 Å². The first-order valence-electron chi connectivity index (χ1n) is 20.7. The smallest absolute Gasteiger partial charge is 0.318 e. The highest BCUT2D eigenvalue weighted by molar-refractivity contribution is 5.89. The molecule has 6 heterocycles. The van der Waals surface area contributed by atoms with Gasteiger partial charge >= 0.3 is 6.03 Å². The van der Waals surface area contributed by atoms with Gasteiger partial charge < -0.3 is 39.6 Å². The van der Waals surface area contributed by atoms with E-state index in [2.05, 4.69) is 75.8 Å². The summed E-state index contributed by atoms with van der Waals surface area (Å²) in [6, 6.07) is 25.1. The number of amides is 4. The van der Waals surface area contributed by atoms with E-state index in [4.69, 9.17) is 14.7 Å². The third kappa shape index (κ3) is 7.76. The first-order chi connectivity index (χ1) is 28.4. The lowest BCUT2D eigenvalue weighted by Gasteiger charge is -2.34. The zero-order chi connectivity index (χ0) is 39.6. The maximum Gasteiger partial charge on any atom is 0.318 e. The molecule has 0 radical (unpaired) electrons. The fraction of sp³-hybridized carbons (Fsp3) is 0.400. The number of imidazole rings is 2.